The molecule has 0 fully saturated rings. The molecule has 96 valence electrons. The Balaban J connectivity index is 2.61. The van der Waals surface area contributed by atoms with Crippen molar-refractivity contribution >= 4 is 0 Å². The lowest BCUT2D eigenvalue weighted by molar-refractivity contribution is 0.0230. The first-order chi connectivity index (χ1) is 7.85. The van der Waals surface area contributed by atoms with Crippen LogP contribution in [0.5, 0.6) is 0 Å². The Hall–Kier alpha value is -1.07. The predicted octanol–water partition coefficient (Wildman–Crippen LogP) is 2.62. The van der Waals surface area contributed by atoms with Crippen LogP contribution in [-0.2, 0) is 11.3 Å². The van der Waals surface area contributed by atoms with Gasteiger partial charge in [0.15, 0.2) is 11.6 Å². The van der Waals surface area contributed by atoms with Gasteiger partial charge in [0.1, 0.15) is 5.82 Å². The number of halogens is 3. The molecule has 0 aliphatic carbocycles. The summed E-state index contributed by atoms with van der Waals surface area (Å²) in [5.74, 6) is -2.98. The van der Waals surface area contributed by atoms with E-state index in [1.54, 1.807) is 7.11 Å². The van der Waals surface area contributed by atoms with E-state index in [1.807, 2.05) is 13.8 Å². The molecule has 0 amide bonds. The lowest BCUT2D eigenvalue weighted by Crippen LogP contribution is -2.36. The molecule has 1 aromatic rings. The van der Waals surface area contributed by atoms with Gasteiger partial charge in [-0.1, -0.05) is 0 Å². The maximum Gasteiger partial charge on any atom is 0.161 e. The first kappa shape index (κ1) is 14.0. The highest BCUT2D eigenvalue weighted by molar-refractivity contribution is 5.19. The highest BCUT2D eigenvalue weighted by Crippen LogP contribution is 2.14. The van der Waals surface area contributed by atoms with Crippen molar-refractivity contribution in [1.82, 2.24) is 5.32 Å². The quantitative estimate of drug-likeness (QED) is 0.808. The fraction of sp³-hybridized carbons (Fsp3) is 0.500. The van der Waals surface area contributed by atoms with Crippen LogP contribution in [0.15, 0.2) is 12.1 Å². The Labute approximate surface area is 98.8 Å². The highest BCUT2D eigenvalue weighted by atomic mass is 19.2. The number of methoxy groups -OCH3 is 1. The molecule has 0 heterocycles. The van der Waals surface area contributed by atoms with Gasteiger partial charge >= 0.3 is 0 Å². The molecule has 0 spiro atoms. The Morgan fingerprint density at radius 2 is 1.71 bits per heavy atom. The Morgan fingerprint density at radius 3 is 2.29 bits per heavy atom. The van der Waals surface area contributed by atoms with E-state index >= 15 is 0 Å². The van der Waals surface area contributed by atoms with Crippen molar-refractivity contribution in [2.24, 2.45) is 0 Å². The third kappa shape index (κ3) is 4.02. The molecule has 1 N–H and O–H groups in total. The fourth-order valence-electron chi connectivity index (χ4n) is 1.27. The number of hydrogen-bond donors (Lipinski definition) is 1. The van der Waals surface area contributed by atoms with Gasteiger partial charge in [0.25, 0.3) is 0 Å². The SMILES string of the molecule is COC(C)(C)CNCc1cc(F)c(F)cc1F. The molecule has 0 aliphatic rings. The summed E-state index contributed by atoms with van der Waals surface area (Å²) < 4.78 is 44.0. The van der Waals surface area contributed by atoms with E-state index in [1.165, 1.54) is 0 Å². The van der Waals surface area contributed by atoms with Gasteiger partial charge in [0.2, 0.25) is 0 Å². The van der Waals surface area contributed by atoms with Crippen molar-refractivity contribution in [3.05, 3.63) is 35.1 Å². The Bertz CT molecular complexity index is 394. The molecule has 0 saturated carbocycles. The molecular formula is C12H16F3NO. The van der Waals surface area contributed by atoms with Gasteiger partial charge in [-0.2, -0.15) is 0 Å². The zero-order chi connectivity index (χ0) is 13.1. The molecule has 0 unspecified atom stereocenters. The van der Waals surface area contributed by atoms with Crippen LogP contribution in [-0.4, -0.2) is 19.3 Å². The molecule has 0 radical (unpaired) electrons. The summed E-state index contributed by atoms with van der Waals surface area (Å²) in [6.07, 6.45) is 0. The van der Waals surface area contributed by atoms with Crippen LogP contribution in [0.4, 0.5) is 13.2 Å². The zero-order valence-corrected chi connectivity index (χ0v) is 10.1. The summed E-state index contributed by atoms with van der Waals surface area (Å²) in [4.78, 5) is 0. The summed E-state index contributed by atoms with van der Waals surface area (Å²) >= 11 is 0. The molecule has 0 bridgehead atoms. The van der Waals surface area contributed by atoms with Gasteiger partial charge in [-0.15, -0.1) is 0 Å². The standard InChI is InChI=1S/C12H16F3NO/c1-12(2,17-3)7-16-6-8-4-10(14)11(15)5-9(8)13/h4-5,16H,6-7H2,1-3H3. The summed E-state index contributed by atoms with van der Waals surface area (Å²) in [6, 6.07) is 1.41. The van der Waals surface area contributed by atoms with E-state index in [-0.39, 0.29) is 12.1 Å². The summed E-state index contributed by atoms with van der Waals surface area (Å²) in [7, 11) is 1.57. The minimum Gasteiger partial charge on any atom is -0.377 e. The van der Waals surface area contributed by atoms with Gasteiger partial charge in [-0.05, 0) is 19.9 Å². The topological polar surface area (TPSA) is 21.3 Å². The normalized spacial score (nSPS) is 11.9. The van der Waals surface area contributed by atoms with Crippen LogP contribution in [0.2, 0.25) is 0 Å². The monoisotopic (exact) mass is 247 g/mol. The molecule has 5 heteroatoms. The third-order valence-corrected chi connectivity index (χ3v) is 2.51. The van der Waals surface area contributed by atoms with Gasteiger partial charge in [-0.3, -0.25) is 0 Å². The minimum atomic E-state index is -1.18. The average Bonchev–Trinajstić information content (AvgIpc) is 2.25. The van der Waals surface area contributed by atoms with Crippen molar-refractivity contribution in [3.63, 3.8) is 0 Å². The highest BCUT2D eigenvalue weighted by Gasteiger charge is 2.16. The van der Waals surface area contributed by atoms with Crippen molar-refractivity contribution in [2.45, 2.75) is 26.0 Å². The van der Waals surface area contributed by atoms with E-state index in [0.717, 1.165) is 6.07 Å². The van der Waals surface area contributed by atoms with Gasteiger partial charge in [0.05, 0.1) is 5.60 Å². The van der Waals surface area contributed by atoms with Crippen LogP contribution in [0.3, 0.4) is 0 Å². The summed E-state index contributed by atoms with van der Waals surface area (Å²) in [5.41, 5.74) is -0.300. The van der Waals surface area contributed by atoms with E-state index in [9.17, 15) is 13.2 Å². The van der Waals surface area contributed by atoms with Crippen LogP contribution in [0.25, 0.3) is 0 Å². The number of ether oxygens (including phenoxy) is 1. The molecular weight excluding hydrogens is 231 g/mol. The van der Waals surface area contributed by atoms with E-state index < -0.39 is 23.1 Å². The summed E-state index contributed by atoms with van der Waals surface area (Å²) in [5, 5.41) is 2.93. The van der Waals surface area contributed by atoms with Gasteiger partial charge in [-0.25, -0.2) is 13.2 Å². The fourth-order valence-corrected chi connectivity index (χ4v) is 1.27. The van der Waals surface area contributed by atoms with Crippen LogP contribution < -0.4 is 5.32 Å². The molecule has 0 aliphatic heterocycles. The molecule has 0 aromatic heterocycles. The number of hydrogen-bond acceptors (Lipinski definition) is 2. The molecule has 17 heavy (non-hydrogen) atoms. The molecule has 0 atom stereocenters. The van der Waals surface area contributed by atoms with Crippen molar-refractivity contribution < 1.29 is 17.9 Å². The van der Waals surface area contributed by atoms with Crippen LogP contribution in [0, 0.1) is 17.5 Å². The van der Waals surface area contributed by atoms with Gasteiger partial charge in [0, 0.05) is 31.8 Å². The average molecular weight is 247 g/mol. The van der Waals surface area contributed by atoms with Crippen molar-refractivity contribution in [2.75, 3.05) is 13.7 Å². The molecule has 0 saturated heterocycles. The first-order valence-corrected chi connectivity index (χ1v) is 5.25. The second kappa shape index (κ2) is 5.51. The zero-order valence-electron chi connectivity index (χ0n) is 10.1. The van der Waals surface area contributed by atoms with E-state index in [2.05, 4.69) is 5.32 Å². The largest absolute Gasteiger partial charge is 0.377 e. The molecule has 1 aromatic carbocycles. The second-order valence-electron chi connectivity index (χ2n) is 4.43. The van der Waals surface area contributed by atoms with Crippen molar-refractivity contribution in [3.8, 4) is 0 Å². The minimum absolute atomic E-state index is 0.0933. The smallest absolute Gasteiger partial charge is 0.161 e. The van der Waals surface area contributed by atoms with E-state index in [0.29, 0.717) is 12.6 Å². The van der Waals surface area contributed by atoms with E-state index in [4.69, 9.17) is 4.74 Å². The van der Waals surface area contributed by atoms with Crippen LogP contribution in [0.1, 0.15) is 19.4 Å². The molecule has 2 nitrogen and oxygen atoms in total. The lowest BCUT2D eigenvalue weighted by atomic mass is 10.1. The predicted molar refractivity (Wildman–Crippen MR) is 59.1 cm³/mol. The lowest BCUT2D eigenvalue weighted by Gasteiger charge is -2.23. The van der Waals surface area contributed by atoms with Gasteiger partial charge < -0.3 is 10.1 Å². The Morgan fingerprint density at radius 1 is 1.12 bits per heavy atom. The number of rotatable bonds is 5. The molecule has 1 rings (SSSR count). The third-order valence-electron chi connectivity index (χ3n) is 2.51. The number of benzene rings is 1. The van der Waals surface area contributed by atoms with Crippen LogP contribution >= 0.6 is 0 Å². The summed E-state index contributed by atoms with van der Waals surface area (Å²) in [6.45, 7) is 4.32. The maximum atomic E-state index is 13.3. The number of nitrogens with one attached hydrogen (secondary N) is 1. The maximum absolute atomic E-state index is 13.3. The second-order valence-corrected chi connectivity index (χ2v) is 4.43. The van der Waals surface area contributed by atoms with Crippen molar-refractivity contribution in [1.29, 1.82) is 0 Å². The first-order valence-electron chi connectivity index (χ1n) is 5.25. The Kier molecular flexibility index (Phi) is 4.54.